The van der Waals surface area contributed by atoms with Crippen LogP contribution >= 0.6 is 0 Å². The molecule has 0 atom stereocenters. The summed E-state index contributed by atoms with van der Waals surface area (Å²) in [4.78, 5) is 12.0. The number of rotatable bonds is 8. The summed E-state index contributed by atoms with van der Waals surface area (Å²) in [5.74, 6) is 1.06. The lowest BCUT2D eigenvalue weighted by Crippen LogP contribution is -2.29. The number of ether oxygens (including phenoxy) is 2. The number of hydrogen-bond acceptors (Lipinski definition) is 4. The molecule has 0 aliphatic carbocycles. The number of carbonyl (C=O) groups excluding carboxylic acids is 1. The average Bonchev–Trinajstić information content (AvgIpc) is 2.59. The van der Waals surface area contributed by atoms with Crippen molar-refractivity contribution in [2.75, 3.05) is 20.2 Å². The van der Waals surface area contributed by atoms with Crippen molar-refractivity contribution in [2.24, 2.45) is 5.92 Å². The van der Waals surface area contributed by atoms with Gasteiger partial charge >= 0.3 is 6.61 Å². The van der Waals surface area contributed by atoms with E-state index >= 15 is 0 Å². The molecule has 1 amide bonds. The average molecular weight is 342 g/mol. The summed E-state index contributed by atoms with van der Waals surface area (Å²) in [6.07, 6.45) is 3.48. The van der Waals surface area contributed by atoms with Crippen molar-refractivity contribution in [1.29, 1.82) is 0 Å². The molecule has 1 fully saturated rings. The molecular weight excluding hydrogens is 318 g/mol. The third-order valence-corrected chi connectivity index (χ3v) is 4.20. The number of carbonyl (C=O) groups is 1. The first kappa shape index (κ1) is 18.4. The van der Waals surface area contributed by atoms with E-state index in [2.05, 4.69) is 15.4 Å². The largest absolute Gasteiger partial charge is 0.497 e. The maximum atomic E-state index is 12.5. The molecule has 1 aromatic carbocycles. The second kappa shape index (κ2) is 9.42. The van der Waals surface area contributed by atoms with Gasteiger partial charge in [-0.15, -0.1) is 0 Å². The summed E-state index contributed by atoms with van der Waals surface area (Å²) in [7, 11) is 1.49. The highest BCUT2D eigenvalue weighted by atomic mass is 19.3. The Hall–Kier alpha value is -1.89. The van der Waals surface area contributed by atoms with E-state index in [0.717, 1.165) is 32.4 Å². The fraction of sp³-hybridized carbons (Fsp3) is 0.588. The molecule has 1 aliphatic rings. The van der Waals surface area contributed by atoms with Crippen LogP contribution in [0.1, 0.15) is 31.2 Å². The number of methoxy groups -OCH3 is 1. The number of hydrogen-bond donors (Lipinski definition) is 2. The van der Waals surface area contributed by atoms with Crippen LogP contribution < -0.4 is 20.1 Å². The topological polar surface area (TPSA) is 59.6 Å². The van der Waals surface area contributed by atoms with E-state index < -0.39 is 6.61 Å². The van der Waals surface area contributed by atoms with E-state index in [-0.39, 0.29) is 18.2 Å². The van der Waals surface area contributed by atoms with Crippen LogP contribution in [-0.4, -0.2) is 32.7 Å². The molecule has 1 aliphatic heterocycles. The molecule has 2 rings (SSSR count). The molecule has 24 heavy (non-hydrogen) atoms. The minimum atomic E-state index is -2.91. The Morgan fingerprint density at radius 3 is 2.79 bits per heavy atom. The third-order valence-electron chi connectivity index (χ3n) is 4.20. The molecule has 5 nitrogen and oxygen atoms in total. The lowest BCUT2D eigenvalue weighted by atomic mass is 9.93. The van der Waals surface area contributed by atoms with Crippen molar-refractivity contribution in [3.8, 4) is 11.5 Å². The van der Waals surface area contributed by atoms with Crippen LogP contribution in [-0.2, 0) is 11.3 Å². The minimum absolute atomic E-state index is 0.0458. The number of alkyl halides is 2. The zero-order valence-corrected chi connectivity index (χ0v) is 13.8. The molecule has 0 aromatic heterocycles. The number of benzene rings is 1. The fourth-order valence-corrected chi connectivity index (χ4v) is 2.82. The predicted octanol–water partition coefficient (Wildman–Crippen LogP) is 2.69. The van der Waals surface area contributed by atoms with Gasteiger partial charge in [0.05, 0.1) is 7.11 Å². The molecule has 0 radical (unpaired) electrons. The van der Waals surface area contributed by atoms with Gasteiger partial charge in [-0.05, 0) is 56.5 Å². The van der Waals surface area contributed by atoms with Crippen LogP contribution in [0.2, 0.25) is 0 Å². The zero-order valence-electron chi connectivity index (χ0n) is 13.8. The van der Waals surface area contributed by atoms with Crippen molar-refractivity contribution in [3.05, 3.63) is 23.8 Å². The van der Waals surface area contributed by atoms with Gasteiger partial charge < -0.3 is 20.1 Å². The van der Waals surface area contributed by atoms with E-state index in [1.165, 1.54) is 13.2 Å². The first-order chi connectivity index (χ1) is 11.6. The van der Waals surface area contributed by atoms with Crippen LogP contribution in [0.15, 0.2) is 18.2 Å². The van der Waals surface area contributed by atoms with Gasteiger partial charge in [0.2, 0.25) is 5.91 Å². The summed E-state index contributed by atoms with van der Waals surface area (Å²) >= 11 is 0. The Labute approximate surface area is 140 Å². The van der Waals surface area contributed by atoms with Crippen molar-refractivity contribution in [3.63, 3.8) is 0 Å². The molecule has 2 N–H and O–H groups in total. The van der Waals surface area contributed by atoms with Crippen molar-refractivity contribution in [2.45, 2.75) is 38.8 Å². The summed E-state index contributed by atoms with van der Waals surface area (Å²) in [5, 5.41) is 6.06. The van der Waals surface area contributed by atoms with Crippen LogP contribution in [0, 0.1) is 5.92 Å². The molecule has 1 aromatic rings. The summed E-state index contributed by atoms with van der Waals surface area (Å²) in [6, 6.07) is 4.55. The number of amides is 1. The molecule has 7 heteroatoms. The molecule has 0 saturated carbocycles. The fourth-order valence-electron chi connectivity index (χ4n) is 2.82. The second-order valence-corrected chi connectivity index (χ2v) is 5.86. The standard InChI is InChI=1S/C17H24F2N2O3/c1-23-14-3-4-15(24-17(18)19)13(10-14)11-21-16(22)5-2-12-6-8-20-9-7-12/h3-4,10,12,17,20H,2,5-9,11H2,1H3,(H,21,22). The lowest BCUT2D eigenvalue weighted by Gasteiger charge is -2.22. The smallest absolute Gasteiger partial charge is 0.387 e. The maximum Gasteiger partial charge on any atom is 0.387 e. The summed E-state index contributed by atoms with van der Waals surface area (Å²) in [5.41, 5.74) is 0.463. The van der Waals surface area contributed by atoms with E-state index in [4.69, 9.17) is 4.74 Å². The predicted molar refractivity (Wildman–Crippen MR) is 86.3 cm³/mol. The van der Waals surface area contributed by atoms with Crippen molar-refractivity contribution in [1.82, 2.24) is 10.6 Å². The molecular formula is C17H24F2N2O3. The monoisotopic (exact) mass is 342 g/mol. The van der Waals surface area contributed by atoms with Crippen molar-refractivity contribution < 1.29 is 23.0 Å². The van der Waals surface area contributed by atoms with E-state index in [9.17, 15) is 13.6 Å². The van der Waals surface area contributed by atoms with Gasteiger partial charge in [-0.3, -0.25) is 4.79 Å². The minimum Gasteiger partial charge on any atom is -0.497 e. The Bertz CT molecular complexity index is 535. The Morgan fingerprint density at radius 2 is 2.12 bits per heavy atom. The molecule has 0 bridgehead atoms. The molecule has 0 spiro atoms. The molecule has 0 unspecified atom stereocenters. The van der Waals surface area contributed by atoms with E-state index in [1.807, 2.05) is 0 Å². The van der Waals surface area contributed by atoms with Gasteiger partial charge in [0, 0.05) is 18.5 Å². The van der Waals surface area contributed by atoms with E-state index in [0.29, 0.717) is 23.7 Å². The quantitative estimate of drug-likeness (QED) is 0.763. The third kappa shape index (κ3) is 5.96. The SMILES string of the molecule is COc1ccc(OC(F)F)c(CNC(=O)CCC2CCNCC2)c1. The number of piperidine rings is 1. The first-order valence-electron chi connectivity index (χ1n) is 8.17. The van der Waals surface area contributed by atoms with Crippen LogP contribution in [0.3, 0.4) is 0 Å². The Morgan fingerprint density at radius 1 is 1.38 bits per heavy atom. The number of halogens is 2. The normalized spacial score (nSPS) is 15.3. The maximum absolute atomic E-state index is 12.5. The molecule has 1 heterocycles. The van der Waals surface area contributed by atoms with Crippen molar-refractivity contribution >= 4 is 5.91 Å². The van der Waals surface area contributed by atoms with Gasteiger partial charge in [0.15, 0.2) is 0 Å². The van der Waals surface area contributed by atoms with Crippen LogP contribution in [0.25, 0.3) is 0 Å². The van der Waals surface area contributed by atoms with E-state index in [1.54, 1.807) is 12.1 Å². The van der Waals surface area contributed by atoms with Crippen LogP contribution in [0.5, 0.6) is 11.5 Å². The summed E-state index contributed by atoms with van der Waals surface area (Å²) < 4.78 is 34.5. The molecule has 1 saturated heterocycles. The van der Waals surface area contributed by atoms with Gasteiger partial charge in [0.25, 0.3) is 0 Å². The van der Waals surface area contributed by atoms with Gasteiger partial charge in [-0.2, -0.15) is 8.78 Å². The highest BCUT2D eigenvalue weighted by molar-refractivity contribution is 5.75. The highest BCUT2D eigenvalue weighted by Gasteiger charge is 2.15. The van der Waals surface area contributed by atoms with Gasteiger partial charge in [-0.1, -0.05) is 0 Å². The zero-order chi connectivity index (χ0) is 17.4. The second-order valence-electron chi connectivity index (χ2n) is 5.86. The van der Waals surface area contributed by atoms with Gasteiger partial charge in [-0.25, -0.2) is 0 Å². The van der Waals surface area contributed by atoms with Crippen LogP contribution in [0.4, 0.5) is 8.78 Å². The summed E-state index contributed by atoms with van der Waals surface area (Å²) in [6.45, 7) is -0.771. The Kier molecular flexibility index (Phi) is 7.24. The highest BCUT2D eigenvalue weighted by Crippen LogP contribution is 2.25. The Balaban J connectivity index is 1.85. The lowest BCUT2D eigenvalue weighted by molar-refractivity contribution is -0.121. The van der Waals surface area contributed by atoms with Gasteiger partial charge in [0.1, 0.15) is 11.5 Å². The molecule has 134 valence electrons. The number of nitrogens with one attached hydrogen (secondary N) is 2. The first-order valence-corrected chi connectivity index (χ1v) is 8.17.